The van der Waals surface area contributed by atoms with E-state index in [9.17, 15) is 9.59 Å². The molecule has 1 aromatic carbocycles. The van der Waals surface area contributed by atoms with Crippen LogP contribution in [0.15, 0.2) is 28.7 Å². The summed E-state index contributed by atoms with van der Waals surface area (Å²) >= 11 is 3.29. The van der Waals surface area contributed by atoms with Crippen molar-refractivity contribution >= 4 is 27.8 Å². The third-order valence-corrected chi connectivity index (χ3v) is 2.58. The summed E-state index contributed by atoms with van der Waals surface area (Å²) in [6, 6.07) is 7.02. The number of carbonyl (C=O) groups is 2. The number of halogens is 1. The Kier molecular flexibility index (Phi) is 5.15. The maximum Gasteiger partial charge on any atom is 0.325 e. The van der Waals surface area contributed by atoms with E-state index in [1.807, 2.05) is 6.07 Å². The molecular formula is C12H14BrNO3. The third kappa shape index (κ3) is 4.19. The molecule has 0 N–H and O–H groups in total. The maximum atomic E-state index is 11.9. The summed E-state index contributed by atoms with van der Waals surface area (Å²) < 4.78 is 5.61. The zero-order valence-electron chi connectivity index (χ0n) is 9.77. The second-order valence-electron chi connectivity index (χ2n) is 3.48. The number of esters is 1. The van der Waals surface area contributed by atoms with Crippen molar-refractivity contribution in [3.05, 3.63) is 34.3 Å². The van der Waals surface area contributed by atoms with Crippen molar-refractivity contribution in [2.24, 2.45) is 0 Å². The minimum atomic E-state index is -0.404. The van der Waals surface area contributed by atoms with Crippen LogP contribution in [0.4, 0.5) is 0 Å². The predicted octanol–water partition coefficient (Wildman–Crippen LogP) is 2.08. The van der Waals surface area contributed by atoms with Gasteiger partial charge in [0.1, 0.15) is 6.54 Å². The molecule has 1 amide bonds. The van der Waals surface area contributed by atoms with Gasteiger partial charge in [0.2, 0.25) is 0 Å². The van der Waals surface area contributed by atoms with Crippen LogP contribution in [-0.2, 0) is 9.53 Å². The molecule has 0 bridgehead atoms. The van der Waals surface area contributed by atoms with Crippen molar-refractivity contribution < 1.29 is 14.3 Å². The molecule has 0 spiro atoms. The number of hydrogen-bond donors (Lipinski definition) is 0. The first-order valence-corrected chi connectivity index (χ1v) is 6.00. The summed E-state index contributed by atoms with van der Waals surface area (Å²) in [6.07, 6.45) is 0. The molecule has 1 aromatic rings. The number of benzene rings is 1. The first kappa shape index (κ1) is 13.7. The summed E-state index contributed by atoms with van der Waals surface area (Å²) in [5.41, 5.74) is 0.533. The zero-order valence-corrected chi connectivity index (χ0v) is 11.4. The number of ether oxygens (including phenoxy) is 1. The Labute approximate surface area is 109 Å². The van der Waals surface area contributed by atoms with Crippen LogP contribution in [0.5, 0.6) is 0 Å². The summed E-state index contributed by atoms with van der Waals surface area (Å²) in [5, 5.41) is 0. The van der Waals surface area contributed by atoms with Crippen LogP contribution in [0.2, 0.25) is 0 Å². The van der Waals surface area contributed by atoms with Crippen LogP contribution < -0.4 is 0 Å². The van der Waals surface area contributed by atoms with Crippen LogP contribution in [0.3, 0.4) is 0 Å². The van der Waals surface area contributed by atoms with Crippen molar-refractivity contribution in [2.45, 2.75) is 6.92 Å². The topological polar surface area (TPSA) is 46.6 Å². The van der Waals surface area contributed by atoms with Gasteiger partial charge in [-0.1, -0.05) is 22.0 Å². The lowest BCUT2D eigenvalue weighted by Crippen LogP contribution is -2.33. The molecule has 1 rings (SSSR count). The van der Waals surface area contributed by atoms with E-state index in [0.29, 0.717) is 12.2 Å². The average molecular weight is 300 g/mol. The van der Waals surface area contributed by atoms with Crippen LogP contribution in [-0.4, -0.2) is 37.0 Å². The van der Waals surface area contributed by atoms with Crippen LogP contribution in [0, 0.1) is 0 Å². The van der Waals surface area contributed by atoms with Gasteiger partial charge in [0.25, 0.3) is 5.91 Å². The number of amides is 1. The van der Waals surface area contributed by atoms with E-state index < -0.39 is 5.97 Å². The minimum absolute atomic E-state index is 0.0425. The van der Waals surface area contributed by atoms with Gasteiger partial charge in [-0.2, -0.15) is 0 Å². The molecular weight excluding hydrogens is 286 g/mol. The fraction of sp³-hybridized carbons (Fsp3) is 0.333. The van der Waals surface area contributed by atoms with Crippen molar-refractivity contribution in [2.75, 3.05) is 20.2 Å². The van der Waals surface area contributed by atoms with Gasteiger partial charge in [0, 0.05) is 17.1 Å². The smallest absolute Gasteiger partial charge is 0.325 e. The highest BCUT2D eigenvalue weighted by atomic mass is 79.9. The molecule has 0 aliphatic heterocycles. The number of rotatable bonds is 4. The number of nitrogens with zero attached hydrogens (tertiary/aromatic N) is 1. The van der Waals surface area contributed by atoms with Crippen molar-refractivity contribution in [3.8, 4) is 0 Å². The highest BCUT2D eigenvalue weighted by molar-refractivity contribution is 9.10. The minimum Gasteiger partial charge on any atom is -0.465 e. The maximum absolute atomic E-state index is 11.9. The molecule has 0 aromatic heterocycles. The molecule has 0 heterocycles. The van der Waals surface area contributed by atoms with Gasteiger partial charge in [-0.3, -0.25) is 9.59 Å². The fourth-order valence-electron chi connectivity index (χ4n) is 1.31. The lowest BCUT2D eigenvalue weighted by molar-refractivity contribution is -0.143. The van der Waals surface area contributed by atoms with E-state index in [2.05, 4.69) is 15.9 Å². The molecule has 0 atom stereocenters. The Morgan fingerprint density at radius 3 is 2.71 bits per heavy atom. The van der Waals surface area contributed by atoms with E-state index >= 15 is 0 Å². The standard InChI is InChI=1S/C12H14BrNO3/c1-3-17-11(15)8-14(2)12(16)9-5-4-6-10(13)7-9/h4-7H,3,8H2,1-2H3. The molecule has 4 nitrogen and oxygen atoms in total. The normalized spacial score (nSPS) is 9.82. The Balaban J connectivity index is 2.67. The summed E-state index contributed by atoms with van der Waals surface area (Å²) in [7, 11) is 1.57. The second kappa shape index (κ2) is 6.39. The van der Waals surface area contributed by atoms with Crippen molar-refractivity contribution in [3.63, 3.8) is 0 Å². The largest absolute Gasteiger partial charge is 0.465 e. The van der Waals surface area contributed by atoms with E-state index in [4.69, 9.17) is 4.74 Å². The Bertz CT molecular complexity index is 420. The van der Waals surface area contributed by atoms with E-state index in [1.54, 1.807) is 32.2 Å². The first-order chi connectivity index (χ1) is 8.04. The average Bonchev–Trinajstić information content (AvgIpc) is 2.28. The third-order valence-electron chi connectivity index (χ3n) is 2.09. The lowest BCUT2D eigenvalue weighted by Gasteiger charge is -2.16. The Morgan fingerprint density at radius 1 is 1.41 bits per heavy atom. The summed E-state index contributed by atoms with van der Waals surface area (Å²) in [5.74, 6) is -0.613. The molecule has 0 aliphatic carbocycles. The van der Waals surface area contributed by atoms with E-state index in [0.717, 1.165) is 4.47 Å². The number of hydrogen-bond acceptors (Lipinski definition) is 3. The summed E-state index contributed by atoms with van der Waals surface area (Å²) in [4.78, 5) is 24.5. The van der Waals surface area contributed by atoms with Gasteiger partial charge in [-0.25, -0.2) is 0 Å². The molecule has 0 aliphatic rings. The van der Waals surface area contributed by atoms with Gasteiger partial charge < -0.3 is 9.64 Å². The van der Waals surface area contributed by atoms with Gasteiger partial charge in [-0.05, 0) is 25.1 Å². The van der Waals surface area contributed by atoms with Gasteiger partial charge in [-0.15, -0.1) is 0 Å². The van der Waals surface area contributed by atoms with Crippen molar-refractivity contribution in [1.29, 1.82) is 0 Å². The molecule has 0 fully saturated rings. The zero-order chi connectivity index (χ0) is 12.8. The van der Waals surface area contributed by atoms with E-state index in [1.165, 1.54) is 4.90 Å². The Morgan fingerprint density at radius 2 is 2.12 bits per heavy atom. The Hall–Kier alpha value is -1.36. The quantitative estimate of drug-likeness (QED) is 0.800. The predicted molar refractivity (Wildman–Crippen MR) is 67.7 cm³/mol. The molecule has 5 heteroatoms. The summed E-state index contributed by atoms with van der Waals surface area (Å²) in [6.45, 7) is 2.00. The first-order valence-electron chi connectivity index (χ1n) is 5.21. The van der Waals surface area contributed by atoms with Crippen LogP contribution in [0.25, 0.3) is 0 Å². The van der Waals surface area contributed by atoms with Crippen LogP contribution in [0.1, 0.15) is 17.3 Å². The molecule has 0 radical (unpaired) electrons. The van der Waals surface area contributed by atoms with E-state index in [-0.39, 0.29) is 12.5 Å². The molecule has 92 valence electrons. The lowest BCUT2D eigenvalue weighted by atomic mass is 10.2. The highest BCUT2D eigenvalue weighted by Gasteiger charge is 2.15. The second-order valence-corrected chi connectivity index (χ2v) is 4.39. The van der Waals surface area contributed by atoms with Gasteiger partial charge >= 0.3 is 5.97 Å². The van der Waals surface area contributed by atoms with Crippen molar-refractivity contribution in [1.82, 2.24) is 4.90 Å². The monoisotopic (exact) mass is 299 g/mol. The molecule has 0 saturated carbocycles. The molecule has 17 heavy (non-hydrogen) atoms. The number of likely N-dealkylation sites (N-methyl/N-ethyl adjacent to an activating group) is 1. The highest BCUT2D eigenvalue weighted by Crippen LogP contribution is 2.13. The number of carbonyl (C=O) groups excluding carboxylic acids is 2. The van der Waals surface area contributed by atoms with Gasteiger partial charge in [0.05, 0.1) is 6.61 Å². The SMILES string of the molecule is CCOC(=O)CN(C)C(=O)c1cccc(Br)c1. The molecule has 0 unspecified atom stereocenters. The molecule has 0 saturated heterocycles. The fourth-order valence-corrected chi connectivity index (χ4v) is 1.71. The van der Waals surface area contributed by atoms with Crippen LogP contribution >= 0.6 is 15.9 Å². The van der Waals surface area contributed by atoms with Gasteiger partial charge in [0.15, 0.2) is 0 Å².